The van der Waals surface area contributed by atoms with Gasteiger partial charge in [-0.3, -0.25) is 0 Å². The fourth-order valence-electron chi connectivity index (χ4n) is 2.96. The molecular weight excluding hydrogens is 268 g/mol. The molecule has 1 heteroatoms. The quantitative estimate of drug-likeness (QED) is 0.490. The molecule has 0 atom stereocenters. The van der Waals surface area contributed by atoms with Gasteiger partial charge in [0.2, 0.25) is 0 Å². The first-order valence-corrected chi connectivity index (χ1v) is 7.98. The first-order chi connectivity index (χ1) is 10.7. The van der Waals surface area contributed by atoms with Gasteiger partial charge in [-0.1, -0.05) is 49.7 Å². The summed E-state index contributed by atoms with van der Waals surface area (Å²) < 4.78 is 5.91. The highest BCUT2D eigenvalue weighted by molar-refractivity contribution is 5.91. The van der Waals surface area contributed by atoms with Crippen LogP contribution in [0.5, 0.6) is 5.75 Å². The molecular formula is C21H22O. The molecule has 0 N–H and O–H groups in total. The van der Waals surface area contributed by atoms with Crippen LogP contribution in [-0.2, 0) is 6.61 Å². The maximum atomic E-state index is 5.91. The summed E-state index contributed by atoms with van der Waals surface area (Å²) in [7, 11) is 0. The predicted molar refractivity (Wildman–Crippen MR) is 94.5 cm³/mol. The second kappa shape index (κ2) is 5.84. The number of rotatable bonds is 0. The van der Waals surface area contributed by atoms with Crippen LogP contribution in [0, 0.1) is 13.8 Å². The number of benzene rings is 3. The van der Waals surface area contributed by atoms with Gasteiger partial charge in [-0.15, -0.1) is 0 Å². The summed E-state index contributed by atoms with van der Waals surface area (Å²) in [6, 6.07) is 17.6. The Morgan fingerprint density at radius 3 is 2.27 bits per heavy atom. The van der Waals surface area contributed by atoms with Crippen molar-refractivity contribution in [3.8, 4) is 16.9 Å². The van der Waals surface area contributed by atoms with E-state index in [0.29, 0.717) is 6.61 Å². The van der Waals surface area contributed by atoms with Gasteiger partial charge in [0.05, 0.1) is 0 Å². The van der Waals surface area contributed by atoms with Crippen molar-refractivity contribution in [3.05, 3.63) is 65.2 Å². The van der Waals surface area contributed by atoms with E-state index in [1.54, 1.807) is 0 Å². The monoisotopic (exact) mass is 290 g/mol. The van der Waals surface area contributed by atoms with E-state index in [1.165, 1.54) is 38.6 Å². The van der Waals surface area contributed by atoms with E-state index >= 15 is 0 Å². The molecule has 0 fully saturated rings. The summed E-state index contributed by atoms with van der Waals surface area (Å²) in [6.07, 6.45) is 0. The van der Waals surface area contributed by atoms with Crippen LogP contribution in [0.25, 0.3) is 21.9 Å². The second-order valence-electron chi connectivity index (χ2n) is 5.65. The highest BCUT2D eigenvalue weighted by Gasteiger charge is 2.17. The van der Waals surface area contributed by atoms with Gasteiger partial charge in [-0.2, -0.15) is 0 Å². The molecule has 0 radical (unpaired) electrons. The van der Waals surface area contributed by atoms with Crippen LogP contribution in [0.1, 0.15) is 30.5 Å². The van der Waals surface area contributed by atoms with Gasteiger partial charge in [0.25, 0.3) is 0 Å². The molecule has 0 bridgehead atoms. The molecule has 1 nitrogen and oxygen atoms in total. The Morgan fingerprint density at radius 2 is 1.45 bits per heavy atom. The molecule has 1 aliphatic rings. The molecule has 1 aliphatic heterocycles. The number of fused-ring (bicyclic) bond motifs is 4. The Bertz CT molecular complexity index is 831. The molecule has 4 rings (SSSR count). The van der Waals surface area contributed by atoms with Crippen LogP contribution < -0.4 is 4.74 Å². The van der Waals surface area contributed by atoms with E-state index in [9.17, 15) is 0 Å². The highest BCUT2D eigenvalue weighted by Crippen LogP contribution is 2.39. The molecule has 0 saturated heterocycles. The number of ether oxygens (including phenoxy) is 1. The summed E-state index contributed by atoms with van der Waals surface area (Å²) in [5, 5.41) is 2.59. The summed E-state index contributed by atoms with van der Waals surface area (Å²) in [5.41, 5.74) is 6.33. The molecule has 22 heavy (non-hydrogen) atoms. The first kappa shape index (κ1) is 14.6. The van der Waals surface area contributed by atoms with E-state index in [0.717, 1.165) is 5.75 Å². The standard InChI is InChI=1S/C19H16O.C2H6/c1-12-3-5-14-10-18-16(9-15(14)7-12)11-20-19-8-13(2)4-6-17(18)19;1-2/h3-10H,11H2,1-2H3;1-2H3. The van der Waals surface area contributed by atoms with Gasteiger partial charge in [-0.05, 0) is 59.5 Å². The third kappa shape index (κ3) is 2.48. The van der Waals surface area contributed by atoms with Crippen molar-refractivity contribution in [1.82, 2.24) is 0 Å². The minimum atomic E-state index is 0.662. The summed E-state index contributed by atoms with van der Waals surface area (Å²) in [6.45, 7) is 8.89. The third-order valence-electron chi connectivity index (χ3n) is 4.03. The maximum Gasteiger partial charge on any atom is 0.127 e. The van der Waals surface area contributed by atoms with Gasteiger partial charge < -0.3 is 4.74 Å². The molecule has 1 heterocycles. The van der Waals surface area contributed by atoms with Crippen molar-refractivity contribution in [1.29, 1.82) is 0 Å². The zero-order valence-corrected chi connectivity index (χ0v) is 13.7. The lowest BCUT2D eigenvalue weighted by atomic mass is 9.92. The largest absolute Gasteiger partial charge is 0.488 e. The molecule has 0 aliphatic carbocycles. The van der Waals surface area contributed by atoms with Crippen molar-refractivity contribution in [2.75, 3.05) is 0 Å². The number of aryl methyl sites for hydroxylation is 2. The van der Waals surface area contributed by atoms with Crippen LogP contribution in [0.15, 0.2) is 48.5 Å². The van der Waals surface area contributed by atoms with Gasteiger partial charge in [0.1, 0.15) is 12.4 Å². The lowest BCUT2D eigenvalue weighted by Gasteiger charge is -2.22. The zero-order chi connectivity index (χ0) is 15.7. The lowest BCUT2D eigenvalue weighted by molar-refractivity contribution is 0.302. The fraction of sp³-hybridized carbons (Fsp3) is 0.238. The second-order valence-corrected chi connectivity index (χ2v) is 5.65. The first-order valence-electron chi connectivity index (χ1n) is 7.98. The van der Waals surface area contributed by atoms with Crippen molar-refractivity contribution in [2.24, 2.45) is 0 Å². The van der Waals surface area contributed by atoms with E-state index in [4.69, 9.17) is 4.74 Å². The van der Waals surface area contributed by atoms with Crippen LogP contribution in [0.3, 0.4) is 0 Å². The van der Waals surface area contributed by atoms with Crippen molar-refractivity contribution >= 4 is 10.8 Å². The third-order valence-corrected chi connectivity index (χ3v) is 4.03. The fourth-order valence-corrected chi connectivity index (χ4v) is 2.96. The van der Waals surface area contributed by atoms with E-state index in [1.807, 2.05) is 13.8 Å². The molecule has 3 aromatic rings. The maximum absolute atomic E-state index is 5.91. The van der Waals surface area contributed by atoms with Crippen molar-refractivity contribution in [3.63, 3.8) is 0 Å². The predicted octanol–water partition coefficient (Wildman–Crippen LogP) is 6.04. The topological polar surface area (TPSA) is 9.23 Å². The molecule has 0 aromatic heterocycles. The molecule has 0 amide bonds. The van der Waals surface area contributed by atoms with Crippen molar-refractivity contribution in [2.45, 2.75) is 34.3 Å². The Labute approximate surface area is 132 Å². The van der Waals surface area contributed by atoms with E-state index in [-0.39, 0.29) is 0 Å². The van der Waals surface area contributed by atoms with Gasteiger partial charge >= 0.3 is 0 Å². The van der Waals surface area contributed by atoms with Gasteiger partial charge in [-0.25, -0.2) is 0 Å². The highest BCUT2D eigenvalue weighted by atomic mass is 16.5. The summed E-state index contributed by atoms with van der Waals surface area (Å²) >= 11 is 0. The van der Waals surface area contributed by atoms with E-state index in [2.05, 4.69) is 62.4 Å². The molecule has 0 spiro atoms. The van der Waals surface area contributed by atoms with Crippen LogP contribution in [0.2, 0.25) is 0 Å². The lowest BCUT2D eigenvalue weighted by Crippen LogP contribution is -2.05. The minimum Gasteiger partial charge on any atom is -0.488 e. The van der Waals surface area contributed by atoms with Crippen LogP contribution in [-0.4, -0.2) is 0 Å². The SMILES string of the molecule is CC.Cc1ccc2c(c1)OCc1cc3cc(C)ccc3cc1-2. The smallest absolute Gasteiger partial charge is 0.127 e. The zero-order valence-electron chi connectivity index (χ0n) is 13.7. The molecule has 3 aromatic carbocycles. The van der Waals surface area contributed by atoms with Gasteiger partial charge in [0.15, 0.2) is 0 Å². The van der Waals surface area contributed by atoms with E-state index < -0.39 is 0 Å². The normalized spacial score (nSPS) is 11.8. The van der Waals surface area contributed by atoms with Gasteiger partial charge in [0, 0.05) is 5.56 Å². The molecule has 0 saturated carbocycles. The average Bonchev–Trinajstić information content (AvgIpc) is 2.54. The number of hydrogen-bond acceptors (Lipinski definition) is 1. The molecule has 112 valence electrons. The Morgan fingerprint density at radius 1 is 0.727 bits per heavy atom. The van der Waals surface area contributed by atoms with Crippen molar-refractivity contribution < 1.29 is 4.74 Å². The minimum absolute atomic E-state index is 0.662. The summed E-state index contributed by atoms with van der Waals surface area (Å²) in [4.78, 5) is 0. The average molecular weight is 290 g/mol. The Kier molecular flexibility index (Phi) is 3.89. The Balaban J connectivity index is 0.000000693. The Hall–Kier alpha value is -2.28. The molecule has 0 unspecified atom stereocenters. The number of hydrogen-bond donors (Lipinski definition) is 0. The van der Waals surface area contributed by atoms with Crippen LogP contribution >= 0.6 is 0 Å². The van der Waals surface area contributed by atoms with Crippen LogP contribution in [0.4, 0.5) is 0 Å². The summed E-state index contributed by atoms with van der Waals surface area (Å²) in [5.74, 6) is 1.00.